The third-order valence-corrected chi connectivity index (χ3v) is 5.45. The fourth-order valence-corrected chi connectivity index (χ4v) is 3.97. The summed E-state index contributed by atoms with van der Waals surface area (Å²) in [6, 6.07) is 6.78. The van der Waals surface area contributed by atoms with Gasteiger partial charge in [0.15, 0.2) is 0 Å². The molecule has 1 aromatic heterocycles. The number of nitrogens with two attached hydrogens (primary N) is 1. The fraction of sp³-hybridized carbons (Fsp3) is 0.214. The molecule has 0 radical (unpaired) electrons. The molecule has 2 aromatic rings. The van der Waals surface area contributed by atoms with Gasteiger partial charge >= 0.3 is 0 Å². The number of hydrogen-bond donors (Lipinski definition) is 2. The summed E-state index contributed by atoms with van der Waals surface area (Å²) in [5.41, 5.74) is 8.08. The van der Waals surface area contributed by atoms with Gasteiger partial charge in [0.05, 0.1) is 16.3 Å². The van der Waals surface area contributed by atoms with E-state index in [4.69, 9.17) is 5.73 Å². The Morgan fingerprint density at radius 1 is 1.33 bits per heavy atom. The molecule has 112 valence electrons. The number of nitrogens with one attached hydrogen (secondary N) is 1. The maximum absolute atomic E-state index is 12.6. The molecule has 0 unspecified atom stereocenters. The number of nitrogens with zero attached hydrogens (tertiary/aromatic N) is 1. The minimum Gasteiger partial charge on any atom is -0.326 e. The standard InChI is InChI=1S/C14H16BrN3O2S/c1-9-12(15)6-11(8-16)7-14(9)21(19,20)18-13-4-3-5-17-10(13)2/h3-7,18H,8,16H2,1-2H3. The number of anilines is 1. The molecule has 0 aliphatic rings. The highest BCUT2D eigenvalue weighted by Gasteiger charge is 2.20. The van der Waals surface area contributed by atoms with Crippen molar-refractivity contribution in [3.63, 3.8) is 0 Å². The number of rotatable bonds is 4. The average molecular weight is 370 g/mol. The Balaban J connectivity index is 2.50. The van der Waals surface area contributed by atoms with Crippen LogP contribution in [-0.4, -0.2) is 13.4 Å². The van der Waals surface area contributed by atoms with Crippen molar-refractivity contribution in [3.05, 3.63) is 51.8 Å². The summed E-state index contributed by atoms with van der Waals surface area (Å²) >= 11 is 3.37. The Bertz CT molecular complexity index is 776. The van der Waals surface area contributed by atoms with Crippen LogP contribution in [0, 0.1) is 13.8 Å². The molecule has 0 saturated heterocycles. The summed E-state index contributed by atoms with van der Waals surface area (Å²) in [5.74, 6) is 0. The van der Waals surface area contributed by atoms with Gasteiger partial charge in [0.2, 0.25) is 0 Å². The van der Waals surface area contributed by atoms with E-state index >= 15 is 0 Å². The second kappa shape index (κ2) is 6.13. The predicted molar refractivity (Wildman–Crippen MR) is 86.6 cm³/mol. The molecule has 5 nitrogen and oxygen atoms in total. The van der Waals surface area contributed by atoms with Crippen molar-refractivity contribution in [1.29, 1.82) is 0 Å². The summed E-state index contributed by atoms with van der Waals surface area (Å²) in [7, 11) is -3.70. The number of pyridine rings is 1. The van der Waals surface area contributed by atoms with Crippen LogP contribution in [0.15, 0.2) is 39.8 Å². The molecule has 0 bridgehead atoms. The van der Waals surface area contributed by atoms with E-state index in [1.807, 2.05) is 6.07 Å². The van der Waals surface area contributed by atoms with E-state index in [0.717, 1.165) is 5.56 Å². The van der Waals surface area contributed by atoms with E-state index in [0.29, 0.717) is 21.4 Å². The predicted octanol–water partition coefficient (Wildman–Crippen LogP) is 2.72. The topological polar surface area (TPSA) is 85.1 Å². The molecular weight excluding hydrogens is 354 g/mol. The lowest BCUT2D eigenvalue weighted by Crippen LogP contribution is -2.16. The first-order valence-electron chi connectivity index (χ1n) is 6.28. The van der Waals surface area contributed by atoms with Crippen LogP contribution in [0.3, 0.4) is 0 Å². The monoisotopic (exact) mass is 369 g/mol. The second-order valence-electron chi connectivity index (χ2n) is 4.65. The molecule has 0 aliphatic carbocycles. The van der Waals surface area contributed by atoms with E-state index in [9.17, 15) is 8.42 Å². The van der Waals surface area contributed by atoms with Gasteiger partial charge in [-0.25, -0.2) is 8.42 Å². The Morgan fingerprint density at radius 3 is 2.67 bits per heavy atom. The molecule has 0 aliphatic heterocycles. The minimum atomic E-state index is -3.70. The zero-order valence-electron chi connectivity index (χ0n) is 11.7. The molecular formula is C14H16BrN3O2S. The molecule has 2 rings (SSSR count). The zero-order chi connectivity index (χ0) is 15.6. The number of sulfonamides is 1. The van der Waals surface area contributed by atoms with E-state index in [-0.39, 0.29) is 11.4 Å². The summed E-state index contributed by atoms with van der Waals surface area (Å²) < 4.78 is 28.5. The summed E-state index contributed by atoms with van der Waals surface area (Å²) in [4.78, 5) is 4.28. The van der Waals surface area contributed by atoms with Gasteiger partial charge < -0.3 is 5.73 Å². The quantitative estimate of drug-likeness (QED) is 0.867. The van der Waals surface area contributed by atoms with Crippen molar-refractivity contribution < 1.29 is 8.42 Å². The largest absolute Gasteiger partial charge is 0.326 e. The molecule has 0 atom stereocenters. The Morgan fingerprint density at radius 2 is 2.05 bits per heavy atom. The highest BCUT2D eigenvalue weighted by molar-refractivity contribution is 9.10. The molecule has 0 spiro atoms. The minimum absolute atomic E-state index is 0.209. The number of halogens is 1. The Labute approximate surface area is 132 Å². The molecule has 0 saturated carbocycles. The maximum Gasteiger partial charge on any atom is 0.262 e. The number of benzene rings is 1. The Kier molecular flexibility index (Phi) is 4.65. The third-order valence-electron chi connectivity index (χ3n) is 3.13. The van der Waals surface area contributed by atoms with Gasteiger partial charge in [-0.15, -0.1) is 0 Å². The van der Waals surface area contributed by atoms with Crippen molar-refractivity contribution >= 4 is 31.6 Å². The van der Waals surface area contributed by atoms with Gasteiger partial charge in [-0.05, 0) is 49.2 Å². The first-order valence-corrected chi connectivity index (χ1v) is 8.56. The van der Waals surface area contributed by atoms with Crippen molar-refractivity contribution in [3.8, 4) is 0 Å². The number of aromatic nitrogens is 1. The van der Waals surface area contributed by atoms with Crippen molar-refractivity contribution in [2.45, 2.75) is 25.3 Å². The lowest BCUT2D eigenvalue weighted by molar-refractivity contribution is 0.600. The van der Waals surface area contributed by atoms with Gasteiger partial charge in [0.1, 0.15) is 0 Å². The van der Waals surface area contributed by atoms with Gasteiger partial charge in [0.25, 0.3) is 10.0 Å². The van der Waals surface area contributed by atoms with Crippen LogP contribution in [0.2, 0.25) is 0 Å². The maximum atomic E-state index is 12.6. The van der Waals surface area contributed by atoms with E-state index in [1.54, 1.807) is 38.2 Å². The van der Waals surface area contributed by atoms with Gasteiger partial charge in [-0.3, -0.25) is 9.71 Å². The van der Waals surface area contributed by atoms with Crippen LogP contribution in [0.25, 0.3) is 0 Å². The summed E-state index contributed by atoms with van der Waals surface area (Å²) in [6.45, 7) is 3.76. The molecule has 0 fully saturated rings. The smallest absolute Gasteiger partial charge is 0.262 e. The Hall–Kier alpha value is -1.44. The number of aryl methyl sites for hydroxylation is 1. The van der Waals surface area contributed by atoms with E-state index < -0.39 is 10.0 Å². The van der Waals surface area contributed by atoms with Gasteiger partial charge in [-0.2, -0.15) is 0 Å². The normalized spacial score (nSPS) is 11.4. The fourth-order valence-electron chi connectivity index (χ4n) is 1.90. The van der Waals surface area contributed by atoms with E-state index in [1.165, 1.54) is 0 Å². The lowest BCUT2D eigenvalue weighted by Gasteiger charge is -2.14. The van der Waals surface area contributed by atoms with Crippen LogP contribution in [-0.2, 0) is 16.6 Å². The van der Waals surface area contributed by atoms with Crippen LogP contribution < -0.4 is 10.5 Å². The van der Waals surface area contributed by atoms with E-state index in [2.05, 4.69) is 25.6 Å². The molecule has 7 heteroatoms. The highest BCUT2D eigenvalue weighted by Crippen LogP contribution is 2.27. The van der Waals surface area contributed by atoms with Crippen molar-refractivity contribution in [1.82, 2.24) is 4.98 Å². The molecule has 3 N–H and O–H groups in total. The van der Waals surface area contributed by atoms with Crippen molar-refractivity contribution in [2.24, 2.45) is 5.73 Å². The summed E-state index contributed by atoms with van der Waals surface area (Å²) in [6.07, 6.45) is 1.62. The SMILES string of the molecule is Cc1ncccc1NS(=O)(=O)c1cc(CN)cc(Br)c1C. The molecule has 1 aromatic carbocycles. The first kappa shape index (κ1) is 15.9. The van der Waals surface area contributed by atoms with Crippen LogP contribution >= 0.6 is 15.9 Å². The first-order chi connectivity index (χ1) is 9.85. The van der Waals surface area contributed by atoms with Crippen LogP contribution in [0.1, 0.15) is 16.8 Å². The van der Waals surface area contributed by atoms with Crippen molar-refractivity contribution in [2.75, 3.05) is 4.72 Å². The lowest BCUT2D eigenvalue weighted by atomic mass is 10.1. The molecule has 21 heavy (non-hydrogen) atoms. The second-order valence-corrected chi connectivity index (χ2v) is 7.15. The van der Waals surface area contributed by atoms with Gasteiger partial charge in [0, 0.05) is 17.2 Å². The number of hydrogen-bond acceptors (Lipinski definition) is 4. The third kappa shape index (κ3) is 3.42. The molecule has 1 heterocycles. The van der Waals surface area contributed by atoms with Crippen LogP contribution in [0.5, 0.6) is 0 Å². The summed E-state index contributed by atoms with van der Waals surface area (Å²) in [5, 5.41) is 0. The molecule has 0 amide bonds. The highest BCUT2D eigenvalue weighted by atomic mass is 79.9. The van der Waals surface area contributed by atoms with Gasteiger partial charge in [-0.1, -0.05) is 15.9 Å². The zero-order valence-corrected chi connectivity index (χ0v) is 14.1. The average Bonchev–Trinajstić information content (AvgIpc) is 2.43. The van der Waals surface area contributed by atoms with Crippen LogP contribution in [0.4, 0.5) is 5.69 Å².